The molecule has 1 heterocycles. The Labute approximate surface area is 107 Å². The summed E-state index contributed by atoms with van der Waals surface area (Å²) in [5.74, 6) is -0.141. The second-order valence-electron chi connectivity index (χ2n) is 4.87. The van der Waals surface area contributed by atoms with Crippen LogP contribution in [-0.2, 0) is 4.79 Å². The molecule has 1 aromatic carbocycles. The smallest absolute Gasteiger partial charge is 0.244 e. The summed E-state index contributed by atoms with van der Waals surface area (Å²) in [6.07, 6.45) is 3.41. The number of amides is 1. The molecule has 18 heavy (non-hydrogen) atoms. The molecule has 1 aromatic heterocycles. The minimum Gasteiger partial charge on any atom is -0.361 e. The van der Waals surface area contributed by atoms with Crippen LogP contribution in [-0.4, -0.2) is 16.4 Å². The highest BCUT2D eigenvalue weighted by Crippen LogP contribution is 2.23. The molecule has 1 amide bonds. The maximum Gasteiger partial charge on any atom is 0.244 e. The van der Waals surface area contributed by atoms with E-state index in [1.165, 1.54) is 0 Å². The van der Waals surface area contributed by atoms with Crippen molar-refractivity contribution < 1.29 is 4.79 Å². The van der Waals surface area contributed by atoms with Crippen molar-refractivity contribution in [1.29, 1.82) is 0 Å². The summed E-state index contributed by atoms with van der Waals surface area (Å²) in [7, 11) is 0. The first kappa shape index (κ1) is 12.6. The fourth-order valence-corrected chi connectivity index (χ4v) is 2.09. The van der Waals surface area contributed by atoms with Crippen molar-refractivity contribution in [2.75, 3.05) is 5.32 Å². The molecule has 4 nitrogen and oxygen atoms in total. The fraction of sp³-hybridized carbons (Fsp3) is 0.357. The van der Waals surface area contributed by atoms with Gasteiger partial charge >= 0.3 is 0 Å². The quantitative estimate of drug-likeness (QED) is 0.775. The molecule has 0 aliphatic carbocycles. The molecule has 1 atom stereocenters. The number of hydrogen-bond acceptors (Lipinski definition) is 2. The summed E-state index contributed by atoms with van der Waals surface area (Å²) in [5, 5.41) is 3.91. The molecule has 0 aliphatic heterocycles. The number of H-pyrrole nitrogens is 1. The molecular formula is C14H19N3O. The highest BCUT2D eigenvalue weighted by Gasteiger charge is 2.27. The van der Waals surface area contributed by atoms with E-state index in [4.69, 9.17) is 5.73 Å². The number of rotatable bonds is 4. The van der Waals surface area contributed by atoms with E-state index < -0.39 is 5.54 Å². The molecule has 2 aromatic rings. The van der Waals surface area contributed by atoms with Crippen LogP contribution in [0.2, 0.25) is 0 Å². The summed E-state index contributed by atoms with van der Waals surface area (Å²) >= 11 is 0. The Balaban J connectivity index is 2.24. The second-order valence-corrected chi connectivity index (χ2v) is 4.87. The van der Waals surface area contributed by atoms with E-state index in [0.29, 0.717) is 6.42 Å². The number of fused-ring (bicyclic) bond motifs is 1. The van der Waals surface area contributed by atoms with Crippen molar-refractivity contribution >= 4 is 22.5 Å². The monoisotopic (exact) mass is 245 g/mol. The lowest BCUT2D eigenvalue weighted by atomic mass is 9.96. The molecule has 0 spiro atoms. The van der Waals surface area contributed by atoms with Crippen LogP contribution < -0.4 is 11.1 Å². The van der Waals surface area contributed by atoms with Gasteiger partial charge in [-0.05, 0) is 31.5 Å². The van der Waals surface area contributed by atoms with Gasteiger partial charge in [-0.15, -0.1) is 0 Å². The summed E-state index contributed by atoms with van der Waals surface area (Å²) in [6, 6.07) is 7.70. The Morgan fingerprint density at radius 3 is 2.94 bits per heavy atom. The zero-order valence-corrected chi connectivity index (χ0v) is 10.8. The SMILES string of the molecule is CCCC(C)(N)C(=O)Nc1cccc2[nH]ccc12. The average Bonchev–Trinajstić information content (AvgIpc) is 2.78. The summed E-state index contributed by atoms with van der Waals surface area (Å²) in [5.41, 5.74) is 6.99. The van der Waals surface area contributed by atoms with Gasteiger partial charge in [0.1, 0.15) is 0 Å². The molecule has 4 heteroatoms. The normalized spacial score (nSPS) is 14.4. The van der Waals surface area contributed by atoms with E-state index in [9.17, 15) is 4.79 Å². The topological polar surface area (TPSA) is 70.9 Å². The Morgan fingerprint density at radius 2 is 2.22 bits per heavy atom. The molecular weight excluding hydrogens is 226 g/mol. The van der Waals surface area contributed by atoms with E-state index in [2.05, 4.69) is 10.3 Å². The van der Waals surface area contributed by atoms with Crippen LogP contribution in [0.15, 0.2) is 30.5 Å². The van der Waals surface area contributed by atoms with E-state index >= 15 is 0 Å². The fourth-order valence-electron chi connectivity index (χ4n) is 2.09. The van der Waals surface area contributed by atoms with E-state index in [-0.39, 0.29) is 5.91 Å². The van der Waals surface area contributed by atoms with Crippen LogP contribution in [0.5, 0.6) is 0 Å². The van der Waals surface area contributed by atoms with Gasteiger partial charge in [0.15, 0.2) is 0 Å². The summed E-state index contributed by atoms with van der Waals surface area (Å²) < 4.78 is 0. The van der Waals surface area contributed by atoms with Gasteiger partial charge < -0.3 is 16.0 Å². The Hall–Kier alpha value is -1.81. The van der Waals surface area contributed by atoms with Crippen LogP contribution in [0, 0.1) is 0 Å². The van der Waals surface area contributed by atoms with Crippen LogP contribution >= 0.6 is 0 Å². The first-order chi connectivity index (χ1) is 8.54. The zero-order chi connectivity index (χ0) is 13.2. The van der Waals surface area contributed by atoms with Gasteiger partial charge in [0.2, 0.25) is 5.91 Å². The van der Waals surface area contributed by atoms with Crippen molar-refractivity contribution in [2.45, 2.75) is 32.2 Å². The number of nitrogens with one attached hydrogen (secondary N) is 2. The van der Waals surface area contributed by atoms with Gasteiger partial charge in [-0.1, -0.05) is 19.4 Å². The number of hydrogen-bond donors (Lipinski definition) is 3. The van der Waals surface area contributed by atoms with Crippen molar-refractivity contribution in [3.8, 4) is 0 Å². The number of nitrogens with two attached hydrogens (primary N) is 1. The van der Waals surface area contributed by atoms with Gasteiger partial charge in [0.25, 0.3) is 0 Å². The Kier molecular flexibility index (Phi) is 3.39. The van der Waals surface area contributed by atoms with E-state index in [1.807, 2.05) is 37.4 Å². The lowest BCUT2D eigenvalue weighted by molar-refractivity contribution is -0.120. The molecule has 1 unspecified atom stereocenters. The number of anilines is 1. The summed E-state index contributed by atoms with van der Waals surface area (Å²) in [4.78, 5) is 15.3. The van der Waals surface area contributed by atoms with Gasteiger partial charge in [-0.3, -0.25) is 4.79 Å². The van der Waals surface area contributed by atoms with Crippen molar-refractivity contribution in [1.82, 2.24) is 4.98 Å². The minimum absolute atomic E-state index is 0.141. The Morgan fingerprint density at radius 1 is 1.44 bits per heavy atom. The van der Waals surface area contributed by atoms with E-state index in [1.54, 1.807) is 6.92 Å². The van der Waals surface area contributed by atoms with Gasteiger partial charge in [0.05, 0.1) is 11.2 Å². The second kappa shape index (κ2) is 4.82. The molecule has 0 saturated carbocycles. The molecule has 0 saturated heterocycles. The highest BCUT2D eigenvalue weighted by molar-refractivity contribution is 6.04. The molecule has 0 bridgehead atoms. The van der Waals surface area contributed by atoms with Crippen molar-refractivity contribution in [2.24, 2.45) is 5.73 Å². The third kappa shape index (κ3) is 2.38. The predicted molar refractivity (Wildman–Crippen MR) is 74.4 cm³/mol. The highest BCUT2D eigenvalue weighted by atomic mass is 16.2. The number of benzene rings is 1. The molecule has 2 rings (SSSR count). The van der Waals surface area contributed by atoms with Crippen LogP contribution in [0.1, 0.15) is 26.7 Å². The van der Waals surface area contributed by atoms with Crippen molar-refractivity contribution in [3.05, 3.63) is 30.5 Å². The minimum atomic E-state index is -0.826. The first-order valence-corrected chi connectivity index (χ1v) is 6.21. The molecule has 0 aliphatic rings. The third-order valence-electron chi connectivity index (χ3n) is 3.13. The lowest BCUT2D eigenvalue weighted by Crippen LogP contribution is -2.48. The number of carbonyl (C=O) groups is 1. The number of carbonyl (C=O) groups excluding carboxylic acids is 1. The van der Waals surface area contributed by atoms with Gasteiger partial charge in [0, 0.05) is 17.1 Å². The average molecular weight is 245 g/mol. The van der Waals surface area contributed by atoms with Crippen LogP contribution in [0.25, 0.3) is 10.9 Å². The van der Waals surface area contributed by atoms with Crippen molar-refractivity contribution in [3.63, 3.8) is 0 Å². The Bertz CT molecular complexity index is 557. The molecule has 4 N–H and O–H groups in total. The zero-order valence-electron chi connectivity index (χ0n) is 10.8. The lowest BCUT2D eigenvalue weighted by Gasteiger charge is -2.23. The van der Waals surface area contributed by atoms with E-state index in [0.717, 1.165) is 23.0 Å². The third-order valence-corrected chi connectivity index (χ3v) is 3.13. The van der Waals surface area contributed by atoms with Gasteiger partial charge in [-0.2, -0.15) is 0 Å². The largest absolute Gasteiger partial charge is 0.361 e. The number of aromatic amines is 1. The van der Waals surface area contributed by atoms with Gasteiger partial charge in [-0.25, -0.2) is 0 Å². The summed E-state index contributed by atoms with van der Waals surface area (Å²) in [6.45, 7) is 3.79. The predicted octanol–water partition coefficient (Wildman–Crippen LogP) is 2.62. The maximum atomic E-state index is 12.1. The first-order valence-electron chi connectivity index (χ1n) is 6.21. The van der Waals surface area contributed by atoms with Crippen LogP contribution in [0.4, 0.5) is 5.69 Å². The molecule has 96 valence electrons. The standard InChI is InChI=1S/C14H19N3O/c1-3-8-14(2,15)13(18)17-12-6-4-5-11-10(12)7-9-16-11/h4-7,9,16H,3,8,15H2,1-2H3,(H,17,18). The molecule has 0 fully saturated rings. The maximum absolute atomic E-state index is 12.1. The number of aromatic nitrogens is 1. The van der Waals surface area contributed by atoms with Crippen LogP contribution in [0.3, 0.4) is 0 Å². The molecule has 0 radical (unpaired) electrons.